The number of aromatic carboxylic acids is 1. The smallest absolute Gasteiger partial charge is 0.335 e. The third-order valence-corrected chi connectivity index (χ3v) is 4.83. The van der Waals surface area contributed by atoms with Crippen molar-refractivity contribution in [3.63, 3.8) is 0 Å². The minimum absolute atomic E-state index is 0.129. The van der Waals surface area contributed by atoms with Crippen LogP contribution in [0.5, 0.6) is 5.75 Å². The number of ether oxygens (including phenoxy) is 1. The lowest BCUT2D eigenvalue weighted by molar-refractivity contribution is 0.0696. The first-order valence-electron chi connectivity index (χ1n) is 9.33. The third kappa shape index (κ3) is 3.52. The Morgan fingerprint density at radius 2 is 1.72 bits per heavy atom. The standard InChI is InChI=1S/C23H20N2O4/c1-2-29-18-13-11-17(12-14-18)25-21(15-7-9-16(10-8-15)23(27)28)24-20-6-4-3-5-19(20)22(25)26/h3-14,21,24H,2H2,1H3,(H,27,28)/t21-/m0/s1. The second kappa shape index (κ2) is 7.67. The minimum Gasteiger partial charge on any atom is -0.494 e. The van der Waals surface area contributed by atoms with Crippen molar-refractivity contribution in [2.75, 3.05) is 16.8 Å². The summed E-state index contributed by atoms with van der Waals surface area (Å²) < 4.78 is 5.50. The lowest BCUT2D eigenvalue weighted by atomic mass is 10.0. The average molecular weight is 388 g/mol. The number of nitrogens with zero attached hydrogens (tertiary/aromatic N) is 1. The highest BCUT2D eigenvalue weighted by Crippen LogP contribution is 2.37. The van der Waals surface area contributed by atoms with Crippen LogP contribution in [0.4, 0.5) is 11.4 Å². The van der Waals surface area contributed by atoms with Crippen molar-refractivity contribution in [1.82, 2.24) is 0 Å². The van der Waals surface area contributed by atoms with Crippen molar-refractivity contribution in [2.45, 2.75) is 13.1 Å². The summed E-state index contributed by atoms with van der Waals surface area (Å²) in [6.45, 7) is 2.48. The van der Waals surface area contributed by atoms with Crippen molar-refractivity contribution in [2.24, 2.45) is 0 Å². The van der Waals surface area contributed by atoms with Gasteiger partial charge in [0.2, 0.25) is 0 Å². The zero-order valence-corrected chi connectivity index (χ0v) is 15.8. The average Bonchev–Trinajstić information content (AvgIpc) is 2.75. The summed E-state index contributed by atoms with van der Waals surface area (Å²) in [6.07, 6.45) is -0.474. The molecule has 0 radical (unpaired) electrons. The molecule has 1 heterocycles. The van der Waals surface area contributed by atoms with Gasteiger partial charge in [0.25, 0.3) is 5.91 Å². The molecule has 2 N–H and O–H groups in total. The number of benzene rings is 3. The number of carbonyl (C=O) groups excluding carboxylic acids is 1. The van der Waals surface area contributed by atoms with Crippen LogP contribution in [-0.2, 0) is 0 Å². The fourth-order valence-corrected chi connectivity index (χ4v) is 3.43. The number of rotatable bonds is 5. The van der Waals surface area contributed by atoms with E-state index in [2.05, 4.69) is 5.32 Å². The van der Waals surface area contributed by atoms with Crippen LogP contribution in [0, 0.1) is 0 Å². The quantitative estimate of drug-likeness (QED) is 0.670. The second-order valence-electron chi connectivity index (χ2n) is 6.62. The van der Waals surface area contributed by atoms with Crippen molar-refractivity contribution in [3.8, 4) is 5.75 Å². The van der Waals surface area contributed by atoms with Gasteiger partial charge in [-0.2, -0.15) is 0 Å². The van der Waals surface area contributed by atoms with E-state index < -0.39 is 12.1 Å². The van der Waals surface area contributed by atoms with Crippen LogP contribution in [0.1, 0.15) is 39.4 Å². The molecule has 0 bridgehead atoms. The Bertz CT molecular complexity index is 1050. The molecular formula is C23H20N2O4. The van der Waals surface area contributed by atoms with Crippen molar-refractivity contribution < 1.29 is 19.4 Å². The number of carbonyl (C=O) groups is 2. The van der Waals surface area contributed by atoms with Gasteiger partial charge >= 0.3 is 5.97 Å². The van der Waals surface area contributed by atoms with Crippen LogP contribution in [0.2, 0.25) is 0 Å². The molecule has 1 atom stereocenters. The fraction of sp³-hybridized carbons (Fsp3) is 0.130. The highest BCUT2D eigenvalue weighted by Gasteiger charge is 2.34. The normalized spacial score (nSPS) is 15.4. The highest BCUT2D eigenvalue weighted by atomic mass is 16.5. The predicted molar refractivity (Wildman–Crippen MR) is 111 cm³/mol. The Balaban J connectivity index is 1.77. The van der Waals surface area contributed by atoms with Crippen LogP contribution in [-0.4, -0.2) is 23.6 Å². The number of amides is 1. The maximum atomic E-state index is 13.3. The Morgan fingerprint density at radius 3 is 2.38 bits per heavy atom. The van der Waals surface area contributed by atoms with Gasteiger partial charge in [-0.05, 0) is 61.0 Å². The lowest BCUT2D eigenvalue weighted by Gasteiger charge is -2.38. The van der Waals surface area contributed by atoms with E-state index in [0.29, 0.717) is 17.9 Å². The van der Waals surface area contributed by atoms with Crippen molar-refractivity contribution in [3.05, 3.63) is 89.5 Å². The number of hydrogen-bond acceptors (Lipinski definition) is 4. The summed E-state index contributed by atoms with van der Waals surface area (Å²) in [6, 6.07) is 21.2. The first kappa shape index (κ1) is 18.6. The molecule has 6 nitrogen and oxygen atoms in total. The maximum absolute atomic E-state index is 13.3. The van der Waals surface area contributed by atoms with Crippen molar-refractivity contribution >= 4 is 23.3 Å². The number of carboxylic acid groups (broad SMARTS) is 1. The van der Waals surface area contributed by atoms with Crippen molar-refractivity contribution in [1.29, 1.82) is 0 Å². The molecule has 4 rings (SSSR count). The number of carboxylic acids is 1. The van der Waals surface area contributed by atoms with Gasteiger partial charge < -0.3 is 15.2 Å². The van der Waals surface area contributed by atoms with Gasteiger partial charge in [-0.1, -0.05) is 24.3 Å². The Morgan fingerprint density at radius 1 is 1.03 bits per heavy atom. The number of anilines is 2. The largest absolute Gasteiger partial charge is 0.494 e. The molecular weight excluding hydrogens is 368 g/mol. The molecule has 1 aliphatic rings. The second-order valence-corrected chi connectivity index (χ2v) is 6.62. The van der Waals surface area contributed by atoms with Crippen LogP contribution in [0.25, 0.3) is 0 Å². The first-order chi connectivity index (χ1) is 14.1. The molecule has 146 valence electrons. The molecule has 0 aromatic heterocycles. The van der Waals surface area contributed by atoms with Gasteiger partial charge in [-0.25, -0.2) is 4.79 Å². The summed E-state index contributed by atoms with van der Waals surface area (Å²) >= 11 is 0. The number of nitrogens with one attached hydrogen (secondary N) is 1. The van der Waals surface area contributed by atoms with Crippen LogP contribution in [0.3, 0.4) is 0 Å². The number of hydrogen-bond donors (Lipinski definition) is 2. The summed E-state index contributed by atoms with van der Waals surface area (Å²) in [4.78, 5) is 26.2. The third-order valence-electron chi connectivity index (χ3n) is 4.83. The Kier molecular flexibility index (Phi) is 4.91. The zero-order chi connectivity index (χ0) is 20.4. The van der Waals surface area contributed by atoms with Crippen LogP contribution in [0.15, 0.2) is 72.8 Å². The Labute approximate surface area is 168 Å². The minimum atomic E-state index is -0.988. The summed E-state index contributed by atoms with van der Waals surface area (Å²) in [5.74, 6) is -0.384. The van der Waals surface area contributed by atoms with Gasteiger partial charge in [0.05, 0.1) is 17.7 Å². The molecule has 0 unspecified atom stereocenters. The van der Waals surface area contributed by atoms with Crippen LogP contribution < -0.4 is 15.0 Å². The van der Waals surface area contributed by atoms with Gasteiger partial charge in [-0.3, -0.25) is 9.69 Å². The van der Waals surface area contributed by atoms with E-state index in [0.717, 1.165) is 17.0 Å². The molecule has 29 heavy (non-hydrogen) atoms. The maximum Gasteiger partial charge on any atom is 0.335 e. The SMILES string of the molecule is CCOc1ccc(N2C(=O)c3ccccc3N[C@@H]2c2ccc(C(=O)O)cc2)cc1. The number of para-hydroxylation sites is 1. The molecule has 3 aromatic rings. The summed E-state index contributed by atoms with van der Waals surface area (Å²) in [5, 5.41) is 12.6. The summed E-state index contributed by atoms with van der Waals surface area (Å²) in [5.41, 5.74) is 3.02. The zero-order valence-electron chi connectivity index (χ0n) is 15.8. The summed E-state index contributed by atoms with van der Waals surface area (Å²) in [7, 11) is 0. The topological polar surface area (TPSA) is 78.9 Å². The monoisotopic (exact) mass is 388 g/mol. The van der Waals surface area contributed by atoms with Crippen LogP contribution >= 0.6 is 0 Å². The van der Waals surface area contributed by atoms with E-state index in [-0.39, 0.29) is 11.5 Å². The fourth-order valence-electron chi connectivity index (χ4n) is 3.43. The molecule has 1 amide bonds. The van der Waals surface area contributed by atoms with E-state index in [4.69, 9.17) is 9.84 Å². The van der Waals surface area contributed by atoms with Gasteiger partial charge in [0.15, 0.2) is 0 Å². The molecule has 3 aromatic carbocycles. The molecule has 0 fully saturated rings. The molecule has 0 spiro atoms. The van der Waals surface area contributed by atoms with E-state index in [1.807, 2.05) is 49.4 Å². The molecule has 6 heteroatoms. The molecule has 0 saturated carbocycles. The Hall–Kier alpha value is -3.80. The van der Waals surface area contributed by atoms with E-state index in [1.54, 1.807) is 35.2 Å². The first-order valence-corrected chi connectivity index (χ1v) is 9.33. The highest BCUT2D eigenvalue weighted by molar-refractivity contribution is 6.12. The van der Waals surface area contributed by atoms with Gasteiger partial charge in [-0.15, -0.1) is 0 Å². The lowest BCUT2D eigenvalue weighted by Crippen LogP contribution is -2.43. The van der Waals surface area contributed by atoms with Gasteiger partial charge in [0, 0.05) is 11.4 Å². The number of fused-ring (bicyclic) bond motifs is 1. The van der Waals surface area contributed by atoms with E-state index >= 15 is 0 Å². The molecule has 0 saturated heterocycles. The molecule has 0 aliphatic carbocycles. The molecule has 1 aliphatic heterocycles. The van der Waals surface area contributed by atoms with E-state index in [1.165, 1.54) is 0 Å². The van der Waals surface area contributed by atoms with E-state index in [9.17, 15) is 9.59 Å². The predicted octanol–water partition coefficient (Wildman–Crippen LogP) is 4.55. The van der Waals surface area contributed by atoms with Gasteiger partial charge in [0.1, 0.15) is 11.9 Å².